The highest BCUT2D eigenvalue weighted by Gasteiger charge is 2.25. The Morgan fingerprint density at radius 2 is 1.82 bits per heavy atom. The molecule has 1 amide bonds. The molecule has 0 unspecified atom stereocenters. The molecule has 0 aliphatic heterocycles. The number of hydrogen-bond donors (Lipinski definition) is 1. The largest absolute Gasteiger partial charge is 0.326 e. The first-order valence-corrected chi connectivity index (χ1v) is 6.65. The van der Waals surface area contributed by atoms with Crippen molar-refractivity contribution in [2.45, 2.75) is 39.0 Å². The molecule has 1 aromatic carbocycles. The lowest BCUT2D eigenvalue weighted by Crippen LogP contribution is -2.27. The molecule has 1 aliphatic carbocycles. The van der Waals surface area contributed by atoms with Crippen LogP contribution in [0.15, 0.2) is 30.3 Å². The number of hydrogen-bond acceptors (Lipinski definition) is 1. The predicted octanol–water partition coefficient (Wildman–Crippen LogP) is 3.84. The Balaban J connectivity index is 1.85. The van der Waals surface area contributed by atoms with Gasteiger partial charge in [-0.05, 0) is 43.7 Å². The van der Waals surface area contributed by atoms with Gasteiger partial charge in [0.15, 0.2) is 0 Å². The van der Waals surface area contributed by atoms with Crippen molar-refractivity contribution in [1.29, 1.82) is 0 Å². The van der Waals surface area contributed by atoms with Gasteiger partial charge in [-0.15, -0.1) is 0 Å². The highest BCUT2D eigenvalue weighted by molar-refractivity contribution is 5.92. The van der Waals surface area contributed by atoms with E-state index in [1.54, 1.807) is 0 Å². The van der Waals surface area contributed by atoms with Gasteiger partial charge in [0.2, 0.25) is 5.91 Å². The van der Waals surface area contributed by atoms with Gasteiger partial charge in [-0.3, -0.25) is 4.79 Å². The number of para-hydroxylation sites is 1. The van der Waals surface area contributed by atoms with Crippen LogP contribution in [0.2, 0.25) is 0 Å². The summed E-state index contributed by atoms with van der Waals surface area (Å²) in [6, 6.07) is 9.74. The summed E-state index contributed by atoms with van der Waals surface area (Å²) < 4.78 is 0. The average molecular weight is 231 g/mol. The molecule has 17 heavy (non-hydrogen) atoms. The zero-order chi connectivity index (χ0) is 12.1. The van der Waals surface area contributed by atoms with Crippen LogP contribution in [0.4, 0.5) is 5.69 Å². The Morgan fingerprint density at radius 3 is 2.41 bits per heavy atom. The second-order valence-electron chi connectivity index (χ2n) is 4.98. The summed E-state index contributed by atoms with van der Waals surface area (Å²) in [7, 11) is 0. The van der Waals surface area contributed by atoms with E-state index >= 15 is 0 Å². The van der Waals surface area contributed by atoms with Gasteiger partial charge in [-0.25, -0.2) is 0 Å². The van der Waals surface area contributed by atoms with Gasteiger partial charge in [0.05, 0.1) is 0 Å². The van der Waals surface area contributed by atoms with Gasteiger partial charge in [-0.2, -0.15) is 0 Å². The van der Waals surface area contributed by atoms with E-state index in [1.807, 2.05) is 30.3 Å². The van der Waals surface area contributed by atoms with E-state index in [0.717, 1.165) is 24.4 Å². The third-order valence-electron chi connectivity index (χ3n) is 3.84. The Hall–Kier alpha value is -1.31. The van der Waals surface area contributed by atoms with E-state index in [0.29, 0.717) is 0 Å². The molecule has 1 fully saturated rings. The second kappa shape index (κ2) is 5.85. The minimum Gasteiger partial charge on any atom is -0.326 e. The van der Waals surface area contributed by atoms with Crippen LogP contribution in [-0.2, 0) is 4.79 Å². The smallest absolute Gasteiger partial charge is 0.227 e. The van der Waals surface area contributed by atoms with Gasteiger partial charge in [0, 0.05) is 11.6 Å². The first-order chi connectivity index (χ1) is 8.29. The predicted molar refractivity (Wildman–Crippen MR) is 70.8 cm³/mol. The molecule has 1 saturated carbocycles. The monoisotopic (exact) mass is 231 g/mol. The van der Waals surface area contributed by atoms with Gasteiger partial charge in [-0.1, -0.05) is 31.5 Å². The number of amides is 1. The molecular weight excluding hydrogens is 210 g/mol. The Labute approximate surface area is 103 Å². The SMILES string of the molecule is CCC1CCC(C(=O)Nc2ccccc2)CC1. The lowest BCUT2D eigenvalue weighted by molar-refractivity contribution is -0.121. The van der Waals surface area contributed by atoms with E-state index < -0.39 is 0 Å². The molecule has 2 heteroatoms. The second-order valence-corrected chi connectivity index (χ2v) is 4.98. The third kappa shape index (κ3) is 3.32. The van der Waals surface area contributed by atoms with Crippen LogP contribution in [-0.4, -0.2) is 5.91 Å². The van der Waals surface area contributed by atoms with Crippen molar-refractivity contribution in [3.8, 4) is 0 Å². The molecule has 2 rings (SSSR count). The summed E-state index contributed by atoms with van der Waals surface area (Å²) in [5, 5.41) is 3.01. The molecule has 0 heterocycles. The summed E-state index contributed by atoms with van der Waals surface area (Å²) in [6.45, 7) is 2.25. The summed E-state index contributed by atoms with van der Waals surface area (Å²) in [5.74, 6) is 1.26. The standard InChI is InChI=1S/C15H21NO/c1-2-12-8-10-13(11-9-12)15(17)16-14-6-4-3-5-7-14/h3-7,12-13H,2,8-11H2,1H3,(H,16,17). The average Bonchev–Trinajstić information content (AvgIpc) is 2.40. The number of nitrogens with one attached hydrogen (secondary N) is 1. The van der Waals surface area contributed by atoms with Gasteiger partial charge in [0.25, 0.3) is 0 Å². The van der Waals surface area contributed by atoms with E-state index in [9.17, 15) is 4.79 Å². The first kappa shape index (κ1) is 12.2. The highest BCUT2D eigenvalue weighted by Crippen LogP contribution is 2.31. The highest BCUT2D eigenvalue weighted by atomic mass is 16.1. The van der Waals surface area contributed by atoms with Crippen molar-refractivity contribution >= 4 is 11.6 Å². The minimum atomic E-state index is 0.200. The van der Waals surface area contributed by atoms with Crippen LogP contribution in [0.3, 0.4) is 0 Å². The van der Waals surface area contributed by atoms with E-state index in [-0.39, 0.29) is 11.8 Å². The van der Waals surface area contributed by atoms with Crippen LogP contribution in [0.5, 0.6) is 0 Å². The van der Waals surface area contributed by atoms with Crippen LogP contribution >= 0.6 is 0 Å². The van der Waals surface area contributed by atoms with Crippen molar-refractivity contribution in [2.24, 2.45) is 11.8 Å². The fourth-order valence-corrected chi connectivity index (χ4v) is 2.60. The topological polar surface area (TPSA) is 29.1 Å². The summed E-state index contributed by atoms with van der Waals surface area (Å²) in [4.78, 5) is 12.1. The molecule has 0 atom stereocenters. The maximum Gasteiger partial charge on any atom is 0.227 e. The van der Waals surface area contributed by atoms with Gasteiger partial charge < -0.3 is 5.32 Å². The van der Waals surface area contributed by atoms with E-state index in [2.05, 4.69) is 12.2 Å². The van der Waals surface area contributed by atoms with Crippen molar-refractivity contribution < 1.29 is 4.79 Å². The third-order valence-corrected chi connectivity index (χ3v) is 3.84. The van der Waals surface area contributed by atoms with Crippen LogP contribution in [0.1, 0.15) is 39.0 Å². The van der Waals surface area contributed by atoms with Crippen LogP contribution in [0.25, 0.3) is 0 Å². The summed E-state index contributed by atoms with van der Waals surface area (Å²) >= 11 is 0. The van der Waals surface area contributed by atoms with Crippen molar-refractivity contribution in [3.63, 3.8) is 0 Å². The van der Waals surface area contributed by atoms with Crippen molar-refractivity contribution in [1.82, 2.24) is 0 Å². The maximum absolute atomic E-state index is 12.1. The zero-order valence-corrected chi connectivity index (χ0v) is 10.5. The van der Waals surface area contributed by atoms with Crippen LogP contribution < -0.4 is 5.32 Å². The number of benzene rings is 1. The van der Waals surface area contributed by atoms with Gasteiger partial charge in [0.1, 0.15) is 0 Å². The van der Waals surface area contributed by atoms with Crippen molar-refractivity contribution in [2.75, 3.05) is 5.32 Å². The van der Waals surface area contributed by atoms with E-state index in [1.165, 1.54) is 19.3 Å². The number of anilines is 1. The molecular formula is C15H21NO. The number of carbonyl (C=O) groups excluding carboxylic acids is 1. The number of carbonyl (C=O) groups is 1. The number of rotatable bonds is 3. The first-order valence-electron chi connectivity index (χ1n) is 6.65. The molecule has 2 nitrogen and oxygen atoms in total. The molecule has 0 saturated heterocycles. The fraction of sp³-hybridized carbons (Fsp3) is 0.533. The maximum atomic E-state index is 12.1. The summed E-state index contributed by atoms with van der Waals surface area (Å²) in [6.07, 6.45) is 5.79. The van der Waals surface area contributed by atoms with Crippen LogP contribution in [0, 0.1) is 11.8 Å². The molecule has 0 bridgehead atoms. The Kier molecular flexibility index (Phi) is 4.18. The molecule has 0 radical (unpaired) electrons. The lowest BCUT2D eigenvalue weighted by Gasteiger charge is -2.26. The van der Waals surface area contributed by atoms with E-state index in [4.69, 9.17) is 0 Å². The fourth-order valence-electron chi connectivity index (χ4n) is 2.60. The minimum absolute atomic E-state index is 0.200. The Morgan fingerprint density at radius 1 is 1.18 bits per heavy atom. The van der Waals surface area contributed by atoms with Crippen molar-refractivity contribution in [3.05, 3.63) is 30.3 Å². The molecule has 1 aliphatic rings. The normalized spacial score (nSPS) is 24.3. The molecule has 1 aromatic rings. The molecule has 92 valence electrons. The molecule has 1 N–H and O–H groups in total. The molecule has 0 spiro atoms. The Bertz CT molecular complexity index is 352. The lowest BCUT2D eigenvalue weighted by atomic mass is 9.80. The summed E-state index contributed by atoms with van der Waals surface area (Å²) in [5.41, 5.74) is 0.912. The quantitative estimate of drug-likeness (QED) is 0.841. The zero-order valence-electron chi connectivity index (χ0n) is 10.5. The molecule has 0 aromatic heterocycles. The van der Waals surface area contributed by atoms with Gasteiger partial charge >= 0.3 is 0 Å².